The number of hydrogen-bond donors (Lipinski definition) is 0. The normalized spacial score (nSPS) is 11.8. The summed E-state index contributed by atoms with van der Waals surface area (Å²) in [6.07, 6.45) is 0. The summed E-state index contributed by atoms with van der Waals surface area (Å²) < 4.78 is 2.47. The topological polar surface area (TPSA) is 0 Å². The lowest BCUT2D eigenvalue weighted by molar-refractivity contribution is 1.42. The lowest BCUT2D eigenvalue weighted by atomic mass is 10.2. The Balaban J connectivity index is 3.32. The van der Waals surface area contributed by atoms with Gasteiger partial charge in [-0.2, -0.15) is 0 Å². The van der Waals surface area contributed by atoms with Crippen LogP contribution in [0.25, 0.3) is 0 Å². The zero-order valence-corrected chi connectivity index (χ0v) is 12.6. The molecule has 0 saturated carbocycles. The number of benzene rings is 1. The summed E-state index contributed by atoms with van der Waals surface area (Å²) in [6.45, 7) is 9.18. The van der Waals surface area contributed by atoms with Crippen molar-refractivity contribution in [2.45, 2.75) is 26.6 Å². The molecule has 0 nitrogen and oxygen atoms in total. The first-order valence-corrected chi connectivity index (χ1v) is 9.37. The molecule has 0 saturated heterocycles. The Bertz CT molecular complexity index is 326. The molecule has 0 spiro atoms. The molecule has 0 aliphatic rings. The Hall–Kier alpha value is 0.397. The molecule has 0 heterocycles. The maximum absolute atomic E-state index is 3.63. The molecule has 0 bridgehead atoms. The Morgan fingerprint density at radius 1 is 1.00 bits per heavy atom. The molecular weight excluding hydrogens is 308 g/mol. The summed E-state index contributed by atoms with van der Waals surface area (Å²) >= 11 is 7.20. The number of rotatable bonds is 1. The van der Waals surface area contributed by atoms with Crippen LogP contribution >= 0.6 is 31.9 Å². The number of hydrogen-bond acceptors (Lipinski definition) is 0. The van der Waals surface area contributed by atoms with Gasteiger partial charge in [-0.3, -0.25) is 0 Å². The highest BCUT2D eigenvalue weighted by Gasteiger charge is 2.20. The molecule has 0 amide bonds. The van der Waals surface area contributed by atoms with Crippen molar-refractivity contribution in [2.75, 3.05) is 0 Å². The van der Waals surface area contributed by atoms with Gasteiger partial charge in [-0.25, -0.2) is 0 Å². The minimum Gasteiger partial charge on any atom is -0.0656 e. The molecule has 72 valence electrons. The second kappa shape index (κ2) is 3.87. The van der Waals surface area contributed by atoms with Gasteiger partial charge in [-0.1, -0.05) is 51.5 Å². The summed E-state index contributed by atoms with van der Waals surface area (Å²) in [5.74, 6) is 0. The molecule has 13 heavy (non-hydrogen) atoms. The fraction of sp³-hybridized carbons (Fsp3) is 0.400. The van der Waals surface area contributed by atoms with Gasteiger partial charge in [-0.15, -0.1) is 0 Å². The largest absolute Gasteiger partial charge is 0.0791 e. The molecule has 0 N–H and O–H groups in total. The molecule has 0 radical (unpaired) electrons. The Kier molecular flexibility index (Phi) is 3.42. The van der Waals surface area contributed by atoms with E-state index in [0.29, 0.717) is 0 Å². The van der Waals surface area contributed by atoms with Crippen molar-refractivity contribution in [3.8, 4) is 0 Å². The molecule has 0 atom stereocenters. The van der Waals surface area contributed by atoms with Gasteiger partial charge in [0.15, 0.2) is 0 Å². The van der Waals surface area contributed by atoms with Crippen LogP contribution in [0.15, 0.2) is 21.1 Å². The fourth-order valence-electron chi connectivity index (χ4n) is 1.22. The first-order chi connectivity index (χ1) is 5.82. The first kappa shape index (κ1) is 11.5. The van der Waals surface area contributed by atoms with E-state index < -0.39 is 8.07 Å². The molecular formula is C10H14Br2Si. The minimum absolute atomic E-state index is 1.21. The fourth-order valence-corrected chi connectivity index (χ4v) is 5.38. The van der Waals surface area contributed by atoms with Crippen molar-refractivity contribution in [2.24, 2.45) is 0 Å². The van der Waals surface area contributed by atoms with Crippen LogP contribution in [0, 0.1) is 6.92 Å². The molecule has 1 aromatic rings. The van der Waals surface area contributed by atoms with E-state index in [-0.39, 0.29) is 0 Å². The molecule has 3 heteroatoms. The van der Waals surface area contributed by atoms with Crippen molar-refractivity contribution in [3.05, 3.63) is 26.6 Å². The first-order valence-electron chi connectivity index (χ1n) is 4.28. The van der Waals surface area contributed by atoms with Crippen LogP contribution in [0.5, 0.6) is 0 Å². The summed E-state index contributed by atoms with van der Waals surface area (Å²) in [7, 11) is -1.21. The van der Waals surface area contributed by atoms with Gasteiger partial charge in [0.1, 0.15) is 0 Å². The summed E-state index contributed by atoms with van der Waals surface area (Å²) in [6, 6.07) is 4.45. The SMILES string of the molecule is Cc1cc(Br)c([Si](C)(C)C)cc1Br. The Labute approximate surface area is 98.0 Å². The third-order valence-corrected chi connectivity index (χ3v) is 5.96. The summed E-state index contributed by atoms with van der Waals surface area (Å²) in [5, 5.41) is 1.48. The second-order valence-corrected chi connectivity index (χ2v) is 11.1. The van der Waals surface area contributed by atoms with Crippen molar-refractivity contribution >= 4 is 45.1 Å². The van der Waals surface area contributed by atoms with Crippen LogP contribution in [0.2, 0.25) is 19.6 Å². The zero-order chi connectivity index (χ0) is 10.2. The number of halogens is 2. The van der Waals surface area contributed by atoms with Gasteiger partial charge in [0.2, 0.25) is 0 Å². The third-order valence-electron chi connectivity index (χ3n) is 2.06. The minimum atomic E-state index is -1.21. The molecule has 1 rings (SSSR count). The molecule has 0 aromatic heterocycles. The van der Waals surface area contributed by atoms with Crippen molar-refractivity contribution in [1.29, 1.82) is 0 Å². The van der Waals surface area contributed by atoms with Crippen molar-refractivity contribution in [3.63, 3.8) is 0 Å². The molecule has 0 aliphatic carbocycles. The van der Waals surface area contributed by atoms with E-state index in [1.807, 2.05) is 0 Å². The number of aryl methyl sites for hydroxylation is 1. The predicted molar refractivity (Wildman–Crippen MR) is 69.6 cm³/mol. The van der Waals surface area contributed by atoms with Crippen LogP contribution in [0.1, 0.15) is 5.56 Å². The van der Waals surface area contributed by atoms with Gasteiger partial charge in [0.05, 0.1) is 8.07 Å². The lowest BCUT2D eigenvalue weighted by Gasteiger charge is -2.19. The van der Waals surface area contributed by atoms with E-state index in [1.165, 1.54) is 19.7 Å². The van der Waals surface area contributed by atoms with E-state index in [1.54, 1.807) is 0 Å². The lowest BCUT2D eigenvalue weighted by Crippen LogP contribution is -2.38. The zero-order valence-electron chi connectivity index (χ0n) is 8.41. The average molecular weight is 322 g/mol. The van der Waals surface area contributed by atoms with Gasteiger partial charge in [0.25, 0.3) is 0 Å². The maximum atomic E-state index is 3.63. The van der Waals surface area contributed by atoms with E-state index in [9.17, 15) is 0 Å². The molecule has 0 unspecified atom stereocenters. The summed E-state index contributed by atoms with van der Waals surface area (Å²) in [4.78, 5) is 0. The second-order valence-electron chi connectivity index (χ2n) is 4.33. The Morgan fingerprint density at radius 2 is 1.54 bits per heavy atom. The monoisotopic (exact) mass is 320 g/mol. The highest BCUT2D eigenvalue weighted by Crippen LogP contribution is 2.21. The van der Waals surface area contributed by atoms with Crippen LogP contribution in [-0.4, -0.2) is 8.07 Å². The van der Waals surface area contributed by atoms with E-state index in [2.05, 4.69) is 70.6 Å². The van der Waals surface area contributed by atoms with E-state index in [4.69, 9.17) is 0 Å². The molecule has 0 fully saturated rings. The van der Waals surface area contributed by atoms with Gasteiger partial charge in [0, 0.05) is 8.95 Å². The van der Waals surface area contributed by atoms with Crippen LogP contribution in [0.4, 0.5) is 0 Å². The maximum Gasteiger partial charge on any atom is 0.0791 e. The molecule has 1 aromatic carbocycles. The average Bonchev–Trinajstić information content (AvgIpc) is 1.94. The van der Waals surface area contributed by atoms with Gasteiger partial charge < -0.3 is 0 Å². The van der Waals surface area contributed by atoms with Crippen LogP contribution in [0.3, 0.4) is 0 Å². The standard InChI is InChI=1S/C10H14Br2Si/c1-7-5-9(12)10(6-8(7)11)13(2,3)4/h5-6H,1-4H3. The van der Waals surface area contributed by atoms with Gasteiger partial charge >= 0.3 is 0 Å². The van der Waals surface area contributed by atoms with Crippen LogP contribution < -0.4 is 5.19 Å². The van der Waals surface area contributed by atoms with Crippen LogP contribution in [-0.2, 0) is 0 Å². The predicted octanol–water partition coefficient (Wildman–Crippen LogP) is 4.07. The highest BCUT2D eigenvalue weighted by molar-refractivity contribution is 9.11. The highest BCUT2D eigenvalue weighted by atomic mass is 79.9. The van der Waals surface area contributed by atoms with Crippen molar-refractivity contribution in [1.82, 2.24) is 0 Å². The quantitative estimate of drug-likeness (QED) is 0.684. The van der Waals surface area contributed by atoms with Gasteiger partial charge in [-0.05, 0) is 29.8 Å². The van der Waals surface area contributed by atoms with Crippen molar-refractivity contribution < 1.29 is 0 Å². The smallest absolute Gasteiger partial charge is 0.0656 e. The molecule has 0 aliphatic heterocycles. The third kappa shape index (κ3) is 2.67. The summed E-state index contributed by atoms with van der Waals surface area (Å²) in [5.41, 5.74) is 1.29. The van der Waals surface area contributed by atoms with E-state index in [0.717, 1.165) is 0 Å². The Morgan fingerprint density at radius 3 is 2.00 bits per heavy atom. The van der Waals surface area contributed by atoms with E-state index >= 15 is 0 Å².